The lowest BCUT2D eigenvalue weighted by molar-refractivity contribution is -0.142. The van der Waals surface area contributed by atoms with Crippen molar-refractivity contribution in [2.24, 2.45) is 5.92 Å². The van der Waals surface area contributed by atoms with Crippen LogP contribution in [0.5, 0.6) is 0 Å². The molecule has 0 spiro atoms. The van der Waals surface area contributed by atoms with E-state index in [1.807, 2.05) is 6.07 Å². The van der Waals surface area contributed by atoms with Crippen molar-refractivity contribution in [3.05, 3.63) is 69.2 Å². The molecule has 1 N–H and O–H groups in total. The van der Waals surface area contributed by atoms with Crippen LogP contribution < -0.4 is 5.32 Å². The standard InChI is InChI=1S/C23H22Cl2F2N2O3/c24-17-6-4-14(11-18(17)25)3-1-2-9-28-22(31)16-13-29(23(32)21(16)30)10-8-15-5-7-19(26)20(27)12-15/h4-7,11-12,16H,1-3,8-10,13H2,(H,28,31). The van der Waals surface area contributed by atoms with Gasteiger partial charge >= 0.3 is 0 Å². The van der Waals surface area contributed by atoms with Gasteiger partial charge in [-0.05, 0) is 61.1 Å². The van der Waals surface area contributed by atoms with E-state index in [0.29, 0.717) is 28.6 Å². The van der Waals surface area contributed by atoms with Gasteiger partial charge in [0, 0.05) is 19.6 Å². The van der Waals surface area contributed by atoms with Gasteiger partial charge in [0.2, 0.25) is 11.7 Å². The molecule has 3 rings (SSSR count). The first-order valence-corrected chi connectivity index (χ1v) is 11.0. The molecule has 2 aromatic carbocycles. The Bertz CT molecular complexity index is 1030. The van der Waals surface area contributed by atoms with Gasteiger partial charge in [0.15, 0.2) is 11.6 Å². The number of benzene rings is 2. The highest BCUT2D eigenvalue weighted by molar-refractivity contribution is 6.42. The summed E-state index contributed by atoms with van der Waals surface area (Å²) in [6.45, 7) is 0.506. The maximum Gasteiger partial charge on any atom is 0.290 e. The Morgan fingerprint density at radius 3 is 2.41 bits per heavy atom. The number of ketones is 1. The highest BCUT2D eigenvalue weighted by Crippen LogP contribution is 2.23. The van der Waals surface area contributed by atoms with Crippen LogP contribution in [0.15, 0.2) is 36.4 Å². The minimum atomic E-state index is -1.05. The predicted molar refractivity (Wildman–Crippen MR) is 118 cm³/mol. The Labute approximate surface area is 194 Å². The molecule has 1 atom stereocenters. The number of Topliss-reactive ketones (excluding diaryl/α,β-unsaturated/α-hetero) is 1. The summed E-state index contributed by atoms with van der Waals surface area (Å²) in [5.74, 6) is -4.93. The number of amides is 2. The first-order chi connectivity index (χ1) is 15.3. The summed E-state index contributed by atoms with van der Waals surface area (Å²) in [7, 11) is 0. The number of aryl methyl sites for hydroxylation is 1. The average molecular weight is 483 g/mol. The normalized spacial score (nSPS) is 16.0. The average Bonchev–Trinajstić information content (AvgIpc) is 3.05. The van der Waals surface area contributed by atoms with Gasteiger partial charge < -0.3 is 10.2 Å². The van der Waals surface area contributed by atoms with Crippen LogP contribution in [0.25, 0.3) is 0 Å². The van der Waals surface area contributed by atoms with Gasteiger partial charge in [-0.1, -0.05) is 35.3 Å². The van der Waals surface area contributed by atoms with Crippen LogP contribution in [0.3, 0.4) is 0 Å². The van der Waals surface area contributed by atoms with Gasteiger partial charge in [-0.2, -0.15) is 0 Å². The van der Waals surface area contributed by atoms with Crippen LogP contribution in [0, 0.1) is 17.6 Å². The van der Waals surface area contributed by atoms with Gasteiger partial charge in [0.05, 0.1) is 10.0 Å². The predicted octanol–water partition coefficient (Wildman–Crippen LogP) is 3.98. The third-order valence-corrected chi connectivity index (χ3v) is 6.10. The van der Waals surface area contributed by atoms with E-state index in [9.17, 15) is 23.2 Å². The highest BCUT2D eigenvalue weighted by Gasteiger charge is 2.42. The SMILES string of the molecule is O=C(NCCCCc1ccc(Cl)c(Cl)c1)C1CN(CCc2ccc(F)c(F)c2)C(=O)C1=O. The topological polar surface area (TPSA) is 66.5 Å². The number of likely N-dealkylation sites (tertiary alicyclic amines) is 1. The number of halogens is 4. The first-order valence-electron chi connectivity index (χ1n) is 10.2. The number of rotatable bonds is 9. The van der Waals surface area contributed by atoms with Gasteiger partial charge in [0.1, 0.15) is 5.92 Å². The number of nitrogens with zero attached hydrogens (tertiary/aromatic N) is 1. The van der Waals surface area contributed by atoms with E-state index in [-0.39, 0.29) is 19.5 Å². The van der Waals surface area contributed by atoms with Crippen molar-refractivity contribution >= 4 is 40.8 Å². The van der Waals surface area contributed by atoms with Gasteiger partial charge in [-0.15, -0.1) is 0 Å². The molecule has 170 valence electrons. The van der Waals surface area contributed by atoms with Crippen LogP contribution >= 0.6 is 23.2 Å². The van der Waals surface area contributed by atoms with E-state index in [0.717, 1.165) is 30.5 Å². The molecule has 2 aromatic rings. The molecule has 0 radical (unpaired) electrons. The van der Waals surface area contributed by atoms with Crippen molar-refractivity contribution in [1.29, 1.82) is 0 Å². The minimum Gasteiger partial charge on any atom is -0.355 e. The summed E-state index contributed by atoms with van der Waals surface area (Å²) < 4.78 is 26.3. The fraction of sp³-hybridized carbons (Fsp3) is 0.348. The lowest BCUT2D eigenvalue weighted by Gasteiger charge is -2.15. The Hall–Kier alpha value is -2.51. The van der Waals surface area contributed by atoms with Gasteiger partial charge in [0.25, 0.3) is 5.91 Å². The van der Waals surface area contributed by atoms with Crippen LogP contribution in [0.4, 0.5) is 8.78 Å². The number of carbonyl (C=O) groups is 3. The molecule has 1 fully saturated rings. The molecule has 0 saturated carbocycles. The summed E-state index contributed by atoms with van der Waals surface area (Å²) in [4.78, 5) is 38.1. The van der Waals surface area contributed by atoms with Gasteiger partial charge in [-0.3, -0.25) is 14.4 Å². The Kier molecular flexibility index (Phi) is 8.21. The molecular formula is C23H22Cl2F2N2O3. The Balaban J connectivity index is 1.41. The van der Waals surface area contributed by atoms with E-state index >= 15 is 0 Å². The molecule has 9 heteroatoms. The zero-order valence-corrected chi connectivity index (χ0v) is 18.7. The minimum absolute atomic E-state index is 0.0174. The molecule has 1 unspecified atom stereocenters. The van der Waals surface area contributed by atoms with Crippen LogP contribution in [-0.2, 0) is 27.2 Å². The lowest BCUT2D eigenvalue weighted by Crippen LogP contribution is -2.36. The summed E-state index contributed by atoms with van der Waals surface area (Å²) in [6, 6.07) is 8.93. The smallest absolute Gasteiger partial charge is 0.290 e. The molecule has 0 bridgehead atoms. The molecule has 1 saturated heterocycles. The molecule has 0 aromatic heterocycles. The zero-order chi connectivity index (χ0) is 23.3. The number of hydrogen-bond donors (Lipinski definition) is 1. The Morgan fingerprint density at radius 2 is 1.69 bits per heavy atom. The van der Waals surface area contributed by atoms with E-state index in [1.54, 1.807) is 12.1 Å². The number of carbonyl (C=O) groups excluding carboxylic acids is 3. The van der Waals surface area contributed by atoms with Crippen molar-refractivity contribution in [2.45, 2.75) is 25.7 Å². The van der Waals surface area contributed by atoms with Crippen molar-refractivity contribution in [1.82, 2.24) is 10.2 Å². The van der Waals surface area contributed by atoms with Crippen LogP contribution in [0.2, 0.25) is 10.0 Å². The molecule has 0 aliphatic carbocycles. The van der Waals surface area contributed by atoms with Crippen molar-refractivity contribution in [2.75, 3.05) is 19.6 Å². The van der Waals surface area contributed by atoms with Crippen molar-refractivity contribution < 1.29 is 23.2 Å². The first kappa shape index (κ1) is 24.1. The van der Waals surface area contributed by atoms with E-state index < -0.39 is 35.1 Å². The molecule has 5 nitrogen and oxygen atoms in total. The zero-order valence-electron chi connectivity index (χ0n) is 17.2. The summed E-state index contributed by atoms with van der Waals surface area (Å²) >= 11 is 11.9. The van der Waals surface area contributed by atoms with Crippen molar-refractivity contribution in [3.8, 4) is 0 Å². The third-order valence-electron chi connectivity index (χ3n) is 5.36. The number of unbranched alkanes of at least 4 members (excludes halogenated alkanes) is 1. The van der Waals surface area contributed by atoms with Crippen LogP contribution in [-0.4, -0.2) is 42.1 Å². The summed E-state index contributed by atoms with van der Waals surface area (Å²) in [5, 5.41) is 3.71. The summed E-state index contributed by atoms with van der Waals surface area (Å²) in [6.07, 6.45) is 2.52. The maximum atomic E-state index is 13.3. The van der Waals surface area contributed by atoms with Gasteiger partial charge in [-0.25, -0.2) is 8.78 Å². The van der Waals surface area contributed by atoms with E-state index in [2.05, 4.69) is 5.32 Å². The molecule has 32 heavy (non-hydrogen) atoms. The maximum absolute atomic E-state index is 13.3. The second-order valence-corrected chi connectivity index (χ2v) is 8.48. The molecule has 1 heterocycles. The molecule has 1 aliphatic heterocycles. The fourth-order valence-electron chi connectivity index (χ4n) is 3.53. The second kappa shape index (κ2) is 10.9. The lowest BCUT2D eigenvalue weighted by atomic mass is 10.1. The quantitative estimate of drug-likeness (QED) is 0.334. The second-order valence-electron chi connectivity index (χ2n) is 7.66. The summed E-state index contributed by atoms with van der Waals surface area (Å²) in [5.41, 5.74) is 1.54. The van der Waals surface area contributed by atoms with Crippen LogP contribution in [0.1, 0.15) is 24.0 Å². The third kappa shape index (κ3) is 6.04. The molecular weight excluding hydrogens is 461 g/mol. The Morgan fingerprint density at radius 1 is 0.969 bits per heavy atom. The largest absolute Gasteiger partial charge is 0.355 e. The number of hydrogen-bond acceptors (Lipinski definition) is 3. The van der Waals surface area contributed by atoms with Crippen molar-refractivity contribution in [3.63, 3.8) is 0 Å². The number of nitrogens with one attached hydrogen (secondary N) is 1. The fourth-order valence-corrected chi connectivity index (χ4v) is 3.85. The monoisotopic (exact) mass is 482 g/mol. The van der Waals surface area contributed by atoms with E-state index in [1.165, 1.54) is 11.0 Å². The molecule has 2 amide bonds. The van der Waals surface area contributed by atoms with E-state index in [4.69, 9.17) is 23.2 Å². The molecule has 1 aliphatic rings. The highest BCUT2D eigenvalue weighted by atomic mass is 35.5.